The van der Waals surface area contributed by atoms with E-state index in [-0.39, 0.29) is 5.56 Å². The number of pyridine rings is 1. The number of hydrogen-bond acceptors (Lipinski definition) is 3. The molecule has 0 aliphatic heterocycles. The number of anilines is 1. The molecule has 2 aromatic rings. The molecule has 1 N–H and O–H groups in total. The van der Waals surface area contributed by atoms with Crippen LogP contribution in [0.25, 0.3) is 10.9 Å². The number of aryl methyl sites for hydroxylation is 1. The van der Waals surface area contributed by atoms with Gasteiger partial charge in [-0.2, -0.15) is 0 Å². The standard InChI is InChI=1S/C11H12N2O3S/c1-13-10-7-9(12-17(2,15)16)5-3-8(10)4-6-11(13)14/h3-7,12H,1-2H3. The summed E-state index contributed by atoms with van der Waals surface area (Å²) in [4.78, 5) is 11.5. The summed E-state index contributed by atoms with van der Waals surface area (Å²) in [5.41, 5.74) is 1.00. The molecule has 0 spiro atoms. The molecule has 1 aromatic carbocycles. The van der Waals surface area contributed by atoms with E-state index in [2.05, 4.69) is 4.72 Å². The lowest BCUT2D eigenvalue weighted by Crippen LogP contribution is -2.15. The van der Waals surface area contributed by atoms with Crippen LogP contribution in [0.3, 0.4) is 0 Å². The van der Waals surface area contributed by atoms with Crippen LogP contribution in [-0.2, 0) is 17.1 Å². The number of nitrogens with one attached hydrogen (secondary N) is 1. The van der Waals surface area contributed by atoms with Crippen molar-refractivity contribution in [3.05, 3.63) is 40.7 Å². The number of nitrogens with zero attached hydrogens (tertiary/aromatic N) is 1. The van der Waals surface area contributed by atoms with Gasteiger partial charge in [0.2, 0.25) is 10.0 Å². The topological polar surface area (TPSA) is 68.2 Å². The summed E-state index contributed by atoms with van der Waals surface area (Å²) in [6.07, 6.45) is 1.08. The molecular formula is C11H12N2O3S. The Labute approximate surface area is 98.7 Å². The smallest absolute Gasteiger partial charge is 0.250 e. The van der Waals surface area contributed by atoms with E-state index < -0.39 is 10.0 Å². The van der Waals surface area contributed by atoms with Gasteiger partial charge in [-0.3, -0.25) is 9.52 Å². The van der Waals surface area contributed by atoms with E-state index >= 15 is 0 Å². The average molecular weight is 252 g/mol. The van der Waals surface area contributed by atoms with Crippen LogP contribution < -0.4 is 10.3 Å². The van der Waals surface area contributed by atoms with E-state index in [1.165, 1.54) is 10.6 Å². The molecule has 1 heterocycles. The van der Waals surface area contributed by atoms with Gasteiger partial charge in [0.25, 0.3) is 5.56 Å². The lowest BCUT2D eigenvalue weighted by atomic mass is 10.2. The Bertz CT molecular complexity index is 732. The number of aromatic nitrogens is 1. The fraction of sp³-hybridized carbons (Fsp3) is 0.182. The zero-order valence-electron chi connectivity index (χ0n) is 9.47. The van der Waals surface area contributed by atoms with Crippen LogP contribution in [0.15, 0.2) is 35.1 Å². The van der Waals surface area contributed by atoms with Gasteiger partial charge in [0.05, 0.1) is 17.5 Å². The first-order valence-corrected chi connectivity index (χ1v) is 6.83. The number of fused-ring (bicyclic) bond motifs is 1. The van der Waals surface area contributed by atoms with Crippen molar-refractivity contribution in [2.24, 2.45) is 7.05 Å². The Morgan fingerprint density at radius 3 is 2.47 bits per heavy atom. The van der Waals surface area contributed by atoms with Crippen molar-refractivity contribution in [2.45, 2.75) is 0 Å². The lowest BCUT2D eigenvalue weighted by Gasteiger charge is -2.08. The molecule has 0 aliphatic rings. The SMILES string of the molecule is Cn1c(=O)ccc2ccc(NS(C)(=O)=O)cc21. The molecule has 17 heavy (non-hydrogen) atoms. The summed E-state index contributed by atoms with van der Waals surface area (Å²) in [5.74, 6) is 0. The Balaban J connectivity index is 2.64. The monoisotopic (exact) mass is 252 g/mol. The lowest BCUT2D eigenvalue weighted by molar-refractivity contribution is 0.607. The minimum atomic E-state index is -3.31. The fourth-order valence-electron chi connectivity index (χ4n) is 1.64. The highest BCUT2D eigenvalue weighted by molar-refractivity contribution is 7.92. The molecule has 0 aliphatic carbocycles. The highest BCUT2D eigenvalue weighted by atomic mass is 32.2. The highest BCUT2D eigenvalue weighted by Gasteiger charge is 2.04. The van der Waals surface area contributed by atoms with Gasteiger partial charge in [0.1, 0.15) is 0 Å². The molecule has 0 bridgehead atoms. The normalized spacial score (nSPS) is 11.6. The van der Waals surface area contributed by atoms with E-state index in [1.54, 1.807) is 31.3 Å². The maximum absolute atomic E-state index is 11.5. The molecule has 0 saturated carbocycles. The molecule has 0 unspecified atom stereocenters. The third-order valence-corrected chi connectivity index (χ3v) is 3.04. The van der Waals surface area contributed by atoms with Gasteiger partial charge in [0, 0.05) is 13.1 Å². The number of hydrogen-bond donors (Lipinski definition) is 1. The molecular weight excluding hydrogens is 240 g/mol. The van der Waals surface area contributed by atoms with Crippen molar-refractivity contribution in [3.8, 4) is 0 Å². The van der Waals surface area contributed by atoms with E-state index in [0.29, 0.717) is 11.2 Å². The number of rotatable bonds is 2. The highest BCUT2D eigenvalue weighted by Crippen LogP contribution is 2.17. The van der Waals surface area contributed by atoms with Crippen molar-refractivity contribution in [1.82, 2.24) is 4.57 Å². The summed E-state index contributed by atoms with van der Waals surface area (Å²) in [6, 6.07) is 8.25. The second kappa shape index (κ2) is 3.89. The molecule has 1 aromatic heterocycles. The summed E-state index contributed by atoms with van der Waals surface area (Å²) in [5, 5.41) is 0.881. The van der Waals surface area contributed by atoms with Gasteiger partial charge in [-0.1, -0.05) is 6.07 Å². The second-order valence-electron chi connectivity index (χ2n) is 3.88. The Morgan fingerprint density at radius 1 is 1.18 bits per heavy atom. The predicted molar refractivity (Wildman–Crippen MR) is 67.7 cm³/mol. The second-order valence-corrected chi connectivity index (χ2v) is 5.63. The van der Waals surface area contributed by atoms with Gasteiger partial charge in [0.15, 0.2) is 0 Å². The van der Waals surface area contributed by atoms with E-state index in [4.69, 9.17) is 0 Å². The molecule has 0 atom stereocenters. The zero-order valence-corrected chi connectivity index (χ0v) is 10.3. The van der Waals surface area contributed by atoms with Gasteiger partial charge in [-0.05, 0) is 23.6 Å². The van der Waals surface area contributed by atoms with E-state index in [1.807, 2.05) is 0 Å². The number of sulfonamides is 1. The summed E-state index contributed by atoms with van der Waals surface area (Å²) in [7, 11) is -1.66. The van der Waals surface area contributed by atoms with Crippen molar-refractivity contribution in [1.29, 1.82) is 0 Å². The molecule has 2 rings (SSSR count). The van der Waals surface area contributed by atoms with E-state index in [0.717, 1.165) is 11.6 Å². The van der Waals surface area contributed by atoms with Crippen LogP contribution in [0.2, 0.25) is 0 Å². The number of benzene rings is 1. The minimum absolute atomic E-state index is 0.131. The third kappa shape index (κ3) is 2.47. The first kappa shape index (κ1) is 11.7. The Kier molecular flexibility index (Phi) is 2.66. The molecule has 0 fully saturated rings. The van der Waals surface area contributed by atoms with Crippen molar-refractivity contribution in [2.75, 3.05) is 11.0 Å². The summed E-state index contributed by atoms with van der Waals surface area (Å²) in [6.45, 7) is 0. The Hall–Kier alpha value is -1.82. The summed E-state index contributed by atoms with van der Waals surface area (Å²) < 4.78 is 26.1. The van der Waals surface area contributed by atoms with Gasteiger partial charge in [-0.15, -0.1) is 0 Å². The van der Waals surface area contributed by atoms with Crippen LogP contribution >= 0.6 is 0 Å². The Morgan fingerprint density at radius 2 is 1.82 bits per heavy atom. The quantitative estimate of drug-likeness (QED) is 0.863. The van der Waals surface area contributed by atoms with Gasteiger partial charge >= 0.3 is 0 Å². The van der Waals surface area contributed by atoms with Gasteiger partial charge in [-0.25, -0.2) is 8.42 Å². The zero-order chi connectivity index (χ0) is 12.6. The summed E-state index contributed by atoms with van der Waals surface area (Å²) >= 11 is 0. The third-order valence-electron chi connectivity index (χ3n) is 2.43. The van der Waals surface area contributed by atoms with Gasteiger partial charge < -0.3 is 4.57 Å². The first-order valence-electron chi connectivity index (χ1n) is 4.94. The minimum Gasteiger partial charge on any atom is -0.311 e. The molecule has 0 amide bonds. The maximum Gasteiger partial charge on any atom is 0.250 e. The largest absolute Gasteiger partial charge is 0.311 e. The van der Waals surface area contributed by atoms with Crippen LogP contribution in [0.4, 0.5) is 5.69 Å². The van der Waals surface area contributed by atoms with Crippen LogP contribution in [0.1, 0.15) is 0 Å². The predicted octanol–water partition coefficient (Wildman–Crippen LogP) is 0.910. The molecule has 0 radical (unpaired) electrons. The molecule has 90 valence electrons. The van der Waals surface area contributed by atoms with E-state index in [9.17, 15) is 13.2 Å². The maximum atomic E-state index is 11.5. The van der Waals surface area contributed by atoms with Crippen molar-refractivity contribution in [3.63, 3.8) is 0 Å². The van der Waals surface area contributed by atoms with Crippen LogP contribution in [-0.4, -0.2) is 19.2 Å². The first-order chi connectivity index (χ1) is 7.87. The fourth-order valence-corrected chi connectivity index (χ4v) is 2.20. The average Bonchev–Trinajstić information content (AvgIpc) is 2.22. The molecule has 5 nitrogen and oxygen atoms in total. The van der Waals surface area contributed by atoms with Crippen LogP contribution in [0.5, 0.6) is 0 Å². The van der Waals surface area contributed by atoms with Crippen molar-refractivity contribution < 1.29 is 8.42 Å². The molecule has 0 saturated heterocycles. The molecule has 6 heteroatoms. The van der Waals surface area contributed by atoms with Crippen molar-refractivity contribution >= 4 is 26.6 Å². The van der Waals surface area contributed by atoms with Crippen LogP contribution in [0, 0.1) is 0 Å².